The molecule has 0 amide bonds. The lowest BCUT2D eigenvalue weighted by Crippen LogP contribution is -2.23. The number of alkyl halides is 6. The zero-order chi connectivity index (χ0) is 43.3. The number of thiophene rings is 2. The second-order valence-corrected chi connectivity index (χ2v) is 20.0. The normalized spacial score (nSPS) is 15.4. The molecule has 1 N–H and O–H groups in total. The lowest BCUT2D eigenvalue weighted by molar-refractivity contribution is -0.153. The molecule has 4 aromatic heterocycles. The summed E-state index contributed by atoms with van der Waals surface area (Å²) in [6.07, 6.45) is -6.80. The van der Waals surface area contributed by atoms with E-state index in [2.05, 4.69) is 5.10 Å². The van der Waals surface area contributed by atoms with Gasteiger partial charge in [-0.1, -0.05) is 78.9 Å². The summed E-state index contributed by atoms with van der Waals surface area (Å²) < 4.78 is 128. The highest BCUT2D eigenvalue weighted by Crippen LogP contribution is 2.48. The number of aromatic nitrogens is 4. The Labute approximate surface area is 359 Å². The van der Waals surface area contributed by atoms with Gasteiger partial charge in [0.2, 0.25) is 0 Å². The van der Waals surface area contributed by atoms with E-state index in [1.807, 2.05) is 73.8 Å². The van der Waals surface area contributed by atoms with Gasteiger partial charge in [-0.15, -0.1) is 22.7 Å². The van der Waals surface area contributed by atoms with Crippen LogP contribution in [0.3, 0.4) is 0 Å². The molecule has 0 bridgehead atoms. The maximum atomic E-state index is 15.2. The molecule has 61 heavy (non-hydrogen) atoms. The smallest absolute Gasteiger partial charge is 0.281 e. The van der Waals surface area contributed by atoms with Crippen LogP contribution in [0.1, 0.15) is 113 Å². The molecule has 2 aliphatic carbocycles. The van der Waals surface area contributed by atoms with Crippen LogP contribution in [0.25, 0.3) is 21.1 Å². The van der Waals surface area contributed by atoms with Crippen LogP contribution < -0.4 is 0 Å². The van der Waals surface area contributed by atoms with Crippen molar-refractivity contribution >= 4 is 32.8 Å². The van der Waals surface area contributed by atoms with Crippen LogP contribution in [0.15, 0.2) is 70.3 Å². The van der Waals surface area contributed by atoms with Crippen molar-refractivity contribution in [1.82, 2.24) is 19.6 Å². The molecular formula is C45H46F6N4O3S3. The topological polar surface area (TPSA) is 90.0 Å². The van der Waals surface area contributed by atoms with E-state index >= 15 is 26.3 Å². The van der Waals surface area contributed by atoms with Gasteiger partial charge in [-0.05, 0) is 105 Å². The van der Waals surface area contributed by atoms with Crippen LogP contribution in [0, 0.1) is 13.8 Å². The number of nitrogens with zero attached hydrogens (tertiary/aromatic N) is 4. The van der Waals surface area contributed by atoms with Gasteiger partial charge in [-0.3, -0.25) is 13.9 Å². The molecule has 8 rings (SSSR count). The summed E-state index contributed by atoms with van der Waals surface area (Å²) in [7, 11) is -4.57. The first-order chi connectivity index (χ1) is 29.0. The highest BCUT2D eigenvalue weighted by Gasteiger charge is 2.46. The SMILES string of the molecule is Cc1ccc(Cn2nc(C(CCCCCC(c3nn(Cc4ccc(C)cc4)c4c3CCCc3cc(S(=O)(=O)O)sc3-4)C(F)(F)F)C(F)(F)F)c3c2-c2sccc2CCC3)cc1. The Morgan fingerprint density at radius 3 is 1.62 bits per heavy atom. The first-order valence-electron chi connectivity index (χ1n) is 20.6. The van der Waals surface area contributed by atoms with Crippen molar-refractivity contribution in [2.45, 2.75) is 126 Å². The van der Waals surface area contributed by atoms with Crippen molar-refractivity contribution in [3.05, 3.63) is 122 Å². The van der Waals surface area contributed by atoms with Crippen LogP contribution in [0.4, 0.5) is 26.3 Å². The average molecular weight is 901 g/mol. The van der Waals surface area contributed by atoms with Crippen molar-refractivity contribution in [3.63, 3.8) is 0 Å². The van der Waals surface area contributed by atoms with E-state index in [1.54, 1.807) is 4.68 Å². The Kier molecular flexibility index (Phi) is 12.2. The molecule has 16 heteroatoms. The van der Waals surface area contributed by atoms with E-state index in [0.29, 0.717) is 59.5 Å². The fourth-order valence-electron chi connectivity index (χ4n) is 8.91. The molecule has 0 aliphatic heterocycles. The zero-order valence-corrected chi connectivity index (χ0v) is 36.2. The summed E-state index contributed by atoms with van der Waals surface area (Å²) in [5.74, 6) is -3.86. The number of fused-ring (bicyclic) bond motifs is 6. The first-order valence-corrected chi connectivity index (χ1v) is 23.7. The molecule has 2 unspecified atom stereocenters. The summed E-state index contributed by atoms with van der Waals surface area (Å²) in [4.78, 5) is 1.39. The lowest BCUT2D eigenvalue weighted by Gasteiger charge is -2.21. The minimum atomic E-state index is -4.71. The third-order valence-corrected chi connectivity index (χ3v) is 15.4. The van der Waals surface area contributed by atoms with E-state index in [0.717, 1.165) is 56.1 Å². The Balaban J connectivity index is 1.06. The van der Waals surface area contributed by atoms with E-state index < -0.39 is 34.3 Å². The molecule has 0 saturated carbocycles. The van der Waals surface area contributed by atoms with Gasteiger partial charge in [0.1, 0.15) is 4.21 Å². The molecule has 6 aromatic rings. The average Bonchev–Trinajstić information content (AvgIpc) is 3.93. The predicted octanol–water partition coefficient (Wildman–Crippen LogP) is 12.4. The number of rotatable bonds is 13. The maximum absolute atomic E-state index is 15.2. The number of unbranched alkanes of at least 4 members (excludes halogenated alkanes) is 2. The highest BCUT2D eigenvalue weighted by molar-refractivity contribution is 7.88. The summed E-state index contributed by atoms with van der Waals surface area (Å²) >= 11 is 2.32. The van der Waals surface area contributed by atoms with Gasteiger partial charge in [-0.25, -0.2) is 0 Å². The van der Waals surface area contributed by atoms with Gasteiger partial charge in [0.05, 0.1) is 57.5 Å². The van der Waals surface area contributed by atoms with Gasteiger partial charge >= 0.3 is 22.5 Å². The van der Waals surface area contributed by atoms with Crippen molar-refractivity contribution < 1.29 is 39.3 Å². The largest absolute Gasteiger partial charge is 0.397 e. The minimum Gasteiger partial charge on any atom is -0.281 e. The highest BCUT2D eigenvalue weighted by atomic mass is 32.3. The monoisotopic (exact) mass is 900 g/mol. The number of hydrogen-bond donors (Lipinski definition) is 1. The molecule has 2 aromatic carbocycles. The number of hydrogen-bond acceptors (Lipinski definition) is 6. The van der Waals surface area contributed by atoms with E-state index in [-0.39, 0.29) is 60.7 Å². The van der Waals surface area contributed by atoms with E-state index in [4.69, 9.17) is 5.10 Å². The second kappa shape index (κ2) is 17.1. The third-order valence-electron chi connectivity index (χ3n) is 12.0. The van der Waals surface area contributed by atoms with Gasteiger partial charge < -0.3 is 0 Å². The zero-order valence-electron chi connectivity index (χ0n) is 33.7. The second-order valence-electron chi connectivity index (χ2n) is 16.4. The van der Waals surface area contributed by atoms with E-state index in [1.165, 1.54) is 22.1 Å². The minimum absolute atomic E-state index is 0.0101. The Morgan fingerprint density at radius 1 is 0.672 bits per heavy atom. The molecule has 4 heterocycles. The van der Waals surface area contributed by atoms with Crippen LogP contribution in [0.2, 0.25) is 0 Å². The van der Waals surface area contributed by atoms with Gasteiger partial charge in [0.15, 0.2) is 0 Å². The Bertz CT molecular complexity index is 2620. The van der Waals surface area contributed by atoms with Gasteiger partial charge in [0, 0.05) is 11.1 Å². The molecule has 2 aliphatic rings. The molecule has 7 nitrogen and oxygen atoms in total. The Hall–Kier alpha value is -4.25. The fourth-order valence-corrected chi connectivity index (χ4v) is 11.9. The molecular weight excluding hydrogens is 855 g/mol. The maximum Gasteiger partial charge on any atom is 0.397 e. The summed E-state index contributed by atoms with van der Waals surface area (Å²) in [5, 5.41) is 11.3. The summed E-state index contributed by atoms with van der Waals surface area (Å²) in [6, 6.07) is 18.7. The predicted molar refractivity (Wildman–Crippen MR) is 226 cm³/mol. The molecule has 0 saturated heterocycles. The van der Waals surface area contributed by atoms with Crippen LogP contribution in [-0.4, -0.2) is 44.9 Å². The third kappa shape index (κ3) is 9.28. The number of benzene rings is 2. The molecule has 0 fully saturated rings. The van der Waals surface area contributed by atoms with Gasteiger partial charge in [0.25, 0.3) is 0 Å². The molecule has 2 atom stereocenters. The fraction of sp³-hybridized carbons (Fsp3) is 0.422. The number of aryl methyl sites for hydroxylation is 4. The van der Waals surface area contributed by atoms with Gasteiger partial charge in [-0.2, -0.15) is 45.0 Å². The lowest BCUT2D eigenvalue weighted by atomic mass is 9.90. The summed E-state index contributed by atoms with van der Waals surface area (Å²) in [6.45, 7) is 4.33. The van der Waals surface area contributed by atoms with Crippen molar-refractivity contribution in [1.29, 1.82) is 0 Å². The quantitative estimate of drug-likeness (QED) is 0.0708. The van der Waals surface area contributed by atoms with Crippen LogP contribution in [0.5, 0.6) is 0 Å². The van der Waals surface area contributed by atoms with Crippen LogP contribution >= 0.6 is 22.7 Å². The number of halogens is 6. The standard InChI is InChI=1S/C45H46F6N4O3S3/c1-27-14-18-29(19-15-27)25-54-40-33(10-6-8-31-22-23-59-42(31)40)38(52-54)35(44(46,47)48)12-4-3-5-13-36(45(49,50)51)39-34-11-7-9-32-24-37(61(56,57)58)60-43(32)41(34)55(53-39)26-30-20-16-28(2)17-21-30/h14-24,35-36H,3-13,25-26H2,1-2H3,(H,56,57,58). The Morgan fingerprint density at radius 2 is 1.15 bits per heavy atom. The van der Waals surface area contributed by atoms with Crippen molar-refractivity contribution in [2.75, 3.05) is 0 Å². The van der Waals surface area contributed by atoms with E-state index in [9.17, 15) is 13.0 Å². The summed E-state index contributed by atoms with van der Waals surface area (Å²) in [5.41, 5.74) is 7.46. The molecule has 0 radical (unpaired) electrons. The first kappa shape index (κ1) is 43.4. The molecule has 0 spiro atoms. The molecule has 324 valence electrons. The van der Waals surface area contributed by atoms with Crippen molar-refractivity contribution in [3.8, 4) is 21.1 Å². The van der Waals surface area contributed by atoms with Crippen molar-refractivity contribution in [2.24, 2.45) is 0 Å². The van der Waals surface area contributed by atoms with Crippen LogP contribution in [-0.2, 0) is 48.9 Å².